The Hall–Kier alpha value is -1.88. The third kappa shape index (κ3) is 1.76. The van der Waals surface area contributed by atoms with Gasteiger partial charge in [0.25, 0.3) is 5.91 Å². The monoisotopic (exact) mass is 259 g/mol. The van der Waals surface area contributed by atoms with Gasteiger partial charge in [0.2, 0.25) is 0 Å². The number of aryl methyl sites for hydroxylation is 1. The second-order valence-corrected chi connectivity index (χ2v) is 5.40. The number of hydrogen-bond donors (Lipinski definition) is 1. The average molecular weight is 259 g/mol. The number of aromatic nitrogens is 1. The Morgan fingerprint density at radius 1 is 1.44 bits per heavy atom. The lowest BCUT2D eigenvalue weighted by Gasteiger charge is -2.26. The Balaban J connectivity index is 2.00. The van der Waals surface area contributed by atoms with Crippen molar-refractivity contribution in [1.82, 2.24) is 4.98 Å². The summed E-state index contributed by atoms with van der Waals surface area (Å²) < 4.78 is 0. The number of benzene rings is 1. The average Bonchev–Trinajstić information content (AvgIpc) is 2.71. The van der Waals surface area contributed by atoms with Gasteiger partial charge in [-0.1, -0.05) is 23.5 Å². The van der Waals surface area contributed by atoms with Gasteiger partial charge >= 0.3 is 0 Å². The fraction of sp³-hybridized carbons (Fsp3) is 0.231. The van der Waals surface area contributed by atoms with Gasteiger partial charge in [-0.15, -0.1) is 0 Å². The van der Waals surface area contributed by atoms with E-state index in [4.69, 9.17) is 5.73 Å². The molecule has 18 heavy (non-hydrogen) atoms. The maximum atomic E-state index is 12.4. The van der Waals surface area contributed by atoms with Crippen molar-refractivity contribution in [3.8, 4) is 0 Å². The van der Waals surface area contributed by atoms with Crippen LogP contribution in [-0.2, 0) is 6.42 Å². The van der Waals surface area contributed by atoms with Crippen molar-refractivity contribution < 1.29 is 4.79 Å². The molecule has 0 bridgehead atoms. The largest absolute Gasteiger partial charge is 0.375 e. The summed E-state index contributed by atoms with van der Waals surface area (Å²) in [7, 11) is 0. The van der Waals surface area contributed by atoms with Crippen molar-refractivity contribution in [3.05, 3.63) is 40.4 Å². The molecular formula is C13H13N3OS. The van der Waals surface area contributed by atoms with Crippen LogP contribution < -0.4 is 10.6 Å². The Labute approximate surface area is 109 Å². The minimum atomic E-state index is 0.0102. The predicted molar refractivity (Wildman–Crippen MR) is 73.1 cm³/mol. The minimum Gasteiger partial charge on any atom is -0.375 e. The quantitative estimate of drug-likeness (QED) is 0.854. The van der Waals surface area contributed by atoms with E-state index in [-0.39, 0.29) is 5.91 Å². The van der Waals surface area contributed by atoms with Gasteiger partial charge in [0, 0.05) is 18.7 Å². The van der Waals surface area contributed by atoms with Gasteiger partial charge in [-0.25, -0.2) is 4.98 Å². The summed E-state index contributed by atoms with van der Waals surface area (Å²) in [6, 6.07) is 7.97. The predicted octanol–water partition coefficient (Wildman–Crippen LogP) is 2.24. The molecule has 0 aliphatic carbocycles. The van der Waals surface area contributed by atoms with Crippen LogP contribution in [0.4, 0.5) is 10.8 Å². The molecule has 0 radical (unpaired) electrons. The molecule has 0 saturated heterocycles. The molecule has 0 spiro atoms. The van der Waals surface area contributed by atoms with Gasteiger partial charge in [-0.2, -0.15) is 0 Å². The Morgan fingerprint density at radius 3 is 3.06 bits per heavy atom. The fourth-order valence-electron chi connectivity index (χ4n) is 2.19. The number of anilines is 2. The molecule has 1 amide bonds. The zero-order valence-corrected chi connectivity index (χ0v) is 10.8. The molecule has 1 aromatic carbocycles. The summed E-state index contributed by atoms with van der Waals surface area (Å²) in [6.45, 7) is 2.69. The first kappa shape index (κ1) is 11.2. The van der Waals surface area contributed by atoms with Crippen molar-refractivity contribution in [3.63, 3.8) is 0 Å². The second kappa shape index (κ2) is 4.10. The fourth-order valence-corrected chi connectivity index (χ4v) is 3.02. The van der Waals surface area contributed by atoms with Crippen molar-refractivity contribution in [2.24, 2.45) is 0 Å². The molecule has 1 aliphatic rings. The van der Waals surface area contributed by atoms with E-state index in [1.165, 1.54) is 11.3 Å². The normalized spacial score (nSPS) is 14.7. The number of nitrogen functional groups attached to an aromatic ring is 1. The van der Waals surface area contributed by atoms with E-state index in [2.05, 4.69) is 4.98 Å². The van der Waals surface area contributed by atoms with Crippen LogP contribution in [0.25, 0.3) is 0 Å². The van der Waals surface area contributed by atoms with Crippen LogP contribution >= 0.6 is 11.3 Å². The number of amides is 1. The van der Waals surface area contributed by atoms with Gasteiger partial charge in [0.05, 0.1) is 5.69 Å². The molecule has 0 fully saturated rings. The van der Waals surface area contributed by atoms with E-state index in [0.29, 0.717) is 16.6 Å². The topological polar surface area (TPSA) is 59.2 Å². The van der Waals surface area contributed by atoms with Crippen LogP contribution in [0.15, 0.2) is 24.3 Å². The summed E-state index contributed by atoms with van der Waals surface area (Å²) in [5.74, 6) is 0.0102. The number of rotatable bonds is 1. The van der Waals surface area contributed by atoms with E-state index in [9.17, 15) is 4.79 Å². The van der Waals surface area contributed by atoms with Crippen LogP contribution in [-0.4, -0.2) is 17.4 Å². The highest BCUT2D eigenvalue weighted by Gasteiger charge is 2.28. The first-order chi connectivity index (χ1) is 8.65. The maximum Gasteiger partial charge on any atom is 0.270 e. The third-order valence-corrected chi connectivity index (χ3v) is 3.95. The lowest BCUT2D eigenvalue weighted by molar-refractivity contribution is 0.0984. The summed E-state index contributed by atoms with van der Waals surface area (Å²) >= 11 is 1.28. The van der Waals surface area contributed by atoms with Gasteiger partial charge < -0.3 is 10.6 Å². The van der Waals surface area contributed by atoms with Gasteiger partial charge in [0.15, 0.2) is 5.13 Å². The molecular weight excluding hydrogens is 246 g/mol. The van der Waals surface area contributed by atoms with Crippen molar-refractivity contribution in [2.45, 2.75) is 13.3 Å². The second-order valence-electron chi connectivity index (χ2n) is 4.37. The van der Waals surface area contributed by atoms with Crippen LogP contribution in [0, 0.1) is 6.92 Å². The molecule has 4 nitrogen and oxygen atoms in total. The molecule has 92 valence electrons. The van der Waals surface area contributed by atoms with E-state index < -0.39 is 0 Å². The lowest BCUT2D eigenvalue weighted by Crippen LogP contribution is -2.36. The highest BCUT2D eigenvalue weighted by Crippen LogP contribution is 2.29. The summed E-state index contributed by atoms with van der Waals surface area (Å²) in [4.78, 5) is 19.1. The molecule has 5 heteroatoms. The highest BCUT2D eigenvalue weighted by atomic mass is 32.1. The van der Waals surface area contributed by atoms with Crippen LogP contribution in [0.5, 0.6) is 0 Å². The number of thiazole rings is 1. The summed E-state index contributed by atoms with van der Waals surface area (Å²) in [5, 5.41) is 0.472. The molecule has 2 aromatic rings. The zero-order chi connectivity index (χ0) is 12.7. The Bertz CT molecular complexity index is 620. The molecule has 0 atom stereocenters. The molecule has 2 heterocycles. The van der Waals surface area contributed by atoms with E-state index in [0.717, 1.165) is 23.4 Å². The van der Waals surface area contributed by atoms with Gasteiger partial charge in [0.1, 0.15) is 4.88 Å². The zero-order valence-electron chi connectivity index (χ0n) is 10.0. The molecule has 1 aromatic heterocycles. The van der Waals surface area contributed by atoms with Crippen LogP contribution in [0.2, 0.25) is 0 Å². The Kier molecular flexibility index (Phi) is 2.56. The number of carbonyl (C=O) groups excluding carboxylic acids is 1. The van der Waals surface area contributed by atoms with Crippen molar-refractivity contribution in [1.29, 1.82) is 0 Å². The third-order valence-electron chi connectivity index (χ3n) is 3.04. The van der Waals surface area contributed by atoms with Gasteiger partial charge in [-0.05, 0) is 24.6 Å². The summed E-state index contributed by atoms with van der Waals surface area (Å²) in [6.07, 6.45) is 0.767. The Morgan fingerprint density at radius 2 is 2.28 bits per heavy atom. The number of nitrogens with zero attached hydrogens (tertiary/aromatic N) is 2. The van der Waals surface area contributed by atoms with Crippen molar-refractivity contribution in [2.75, 3.05) is 17.2 Å². The number of carbonyl (C=O) groups is 1. The number of nitrogens with two attached hydrogens (primary N) is 1. The maximum absolute atomic E-state index is 12.4. The lowest BCUT2D eigenvalue weighted by atomic mass is 10.1. The summed E-state index contributed by atoms with van der Waals surface area (Å²) in [5.41, 5.74) is 8.60. The van der Waals surface area contributed by atoms with E-state index in [1.807, 2.05) is 31.2 Å². The van der Waals surface area contributed by atoms with E-state index in [1.54, 1.807) is 4.90 Å². The molecule has 2 N–H and O–H groups in total. The molecule has 1 aliphatic heterocycles. The minimum absolute atomic E-state index is 0.0102. The first-order valence-electron chi connectivity index (χ1n) is 5.79. The highest BCUT2D eigenvalue weighted by molar-refractivity contribution is 7.17. The molecule has 3 rings (SSSR count). The number of fused-ring (bicyclic) bond motifs is 1. The SMILES string of the molecule is Cc1cccc(N2CCc3nc(N)sc3C2=O)c1. The molecule has 0 unspecified atom stereocenters. The van der Waals surface area contributed by atoms with E-state index >= 15 is 0 Å². The standard InChI is InChI=1S/C13H13N3OS/c1-8-3-2-4-9(7-8)16-6-5-10-11(12(16)17)18-13(14)15-10/h2-4,7H,5-6H2,1H3,(H2,14,15). The molecule has 0 saturated carbocycles. The van der Waals surface area contributed by atoms with Crippen LogP contribution in [0.1, 0.15) is 20.9 Å². The van der Waals surface area contributed by atoms with Gasteiger partial charge in [-0.3, -0.25) is 4.79 Å². The first-order valence-corrected chi connectivity index (χ1v) is 6.60. The van der Waals surface area contributed by atoms with Crippen molar-refractivity contribution >= 4 is 28.1 Å². The van der Waals surface area contributed by atoms with Crippen LogP contribution in [0.3, 0.4) is 0 Å². The number of hydrogen-bond acceptors (Lipinski definition) is 4. The smallest absolute Gasteiger partial charge is 0.270 e.